The maximum Gasteiger partial charge on any atom is 0.161 e. The van der Waals surface area contributed by atoms with Gasteiger partial charge in [0.1, 0.15) is 24.8 Å². The summed E-state index contributed by atoms with van der Waals surface area (Å²) < 4.78 is 11.1. The molecule has 1 heterocycles. The molecule has 2 aromatic carbocycles. The van der Waals surface area contributed by atoms with Gasteiger partial charge < -0.3 is 24.4 Å². The monoisotopic (exact) mass is 435 g/mol. The van der Waals surface area contributed by atoms with Crippen LogP contribution in [0.1, 0.15) is 15.9 Å². The van der Waals surface area contributed by atoms with Gasteiger partial charge in [0.2, 0.25) is 0 Å². The standard InChI is InChI=1S/C25H29N3O4/c1-27(2)21-10-7-19(8-11-21)15-28(25-6-4-5-13-26-25)16-22(30)18-32-23-12-9-20(17-29)14-24(23)31-3/h4-14,17,22,30H,15-16,18H2,1-3H3. The average Bonchev–Trinajstić information content (AvgIpc) is 2.83. The van der Waals surface area contributed by atoms with Crippen LogP contribution in [0.25, 0.3) is 0 Å². The first kappa shape index (κ1) is 23.1. The lowest BCUT2D eigenvalue weighted by Crippen LogP contribution is -2.36. The van der Waals surface area contributed by atoms with Crippen molar-refractivity contribution in [1.29, 1.82) is 0 Å². The van der Waals surface area contributed by atoms with Crippen molar-refractivity contribution >= 4 is 17.8 Å². The van der Waals surface area contributed by atoms with Gasteiger partial charge in [-0.15, -0.1) is 0 Å². The number of aliphatic hydroxyl groups is 1. The van der Waals surface area contributed by atoms with Crippen LogP contribution in [0.5, 0.6) is 11.5 Å². The summed E-state index contributed by atoms with van der Waals surface area (Å²) in [6.07, 6.45) is 1.71. The van der Waals surface area contributed by atoms with Crippen LogP contribution in [0.2, 0.25) is 0 Å². The number of nitrogens with zero attached hydrogens (tertiary/aromatic N) is 3. The van der Waals surface area contributed by atoms with Gasteiger partial charge in [-0.25, -0.2) is 4.98 Å². The number of aldehydes is 1. The van der Waals surface area contributed by atoms with E-state index < -0.39 is 6.10 Å². The van der Waals surface area contributed by atoms with Gasteiger partial charge in [-0.1, -0.05) is 18.2 Å². The summed E-state index contributed by atoms with van der Waals surface area (Å²) in [6, 6.07) is 18.9. The van der Waals surface area contributed by atoms with E-state index in [1.165, 1.54) is 7.11 Å². The van der Waals surface area contributed by atoms with Crippen LogP contribution in [0.4, 0.5) is 11.5 Å². The third-order valence-electron chi connectivity index (χ3n) is 4.99. The molecule has 0 fully saturated rings. The van der Waals surface area contributed by atoms with Gasteiger partial charge >= 0.3 is 0 Å². The van der Waals surface area contributed by atoms with Crippen LogP contribution in [0.3, 0.4) is 0 Å². The molecule has 0 amide bonds. The number of benzene rings is 2. The molecule has 3 aromatic rings. The third-order valence-corrected chi connectivity index (χ3v) is 4.99. The van der Waals surface area contributed by atoms with Crippen LogP contribution in [-0.2, 0) is 6.54 Å². The highest BCUT2D eigenvalue weighted by Crippen LogP contribution is 2.28. The summed E-state index contributed by atoms with van der Waals surface area (Å²) in [5.74, 6) is 1.70. The molecule has 0 radical (unpaired) electrons. The molecule has 1 aromatic heterocycles. The van der Waals surface area contributed by atoms with Crippen molar-refractivity contribution in [1.82, 2.24) is 4.98 Å². The minimum absolute atomic E-state index is 0.0691. The Morgan fingerprint density at radius 3 is 2.47 bits per heavy atom. The highest BCUT2D eigenvalue weighted by Gasteiger charge is 2.16. The van der Waals surface area contributed by atoms with Crippen molar-refractivity contribution < 1.29 is 19.4 Å². The maximum absolute atomic E-state index is 11.0. The van der Waals surface area contributed by atoms with Gasteiger partial charge in [0.25, 0.3) is 0 Å². The minimum atomic E-state index is -0.770. The molecule has 0 saturated heterocycles. The van der Waals surface area contributed by atoms with Gasteiger partial charge in [-0.2, -0.15) is 0 Å². The number of aromatic nitrogens is 1. The second kappa shape index (κ2) is 11.2. The zero-order valence-corrected chi connectivity index (χ0v) is 18.6. The topological polar surface area (TPSA) is 75.1 Å². The van der Waals surface area contributed by atoms with E-state index >= 15 is 0 Å². The fourth-order valence-corrected chi connectivity index (χ4v) is 3.27. The summed E-state index contributed by atoms with van der Waals surface area (Å²) in [5.41, 5.74) is 2.73. The molecular formula is C25H29N3O4. The van der Waals surface area contributed by atoms with Crippen molar-refractivity contribution in [2.24, 2.45) is 0 Å². The van der Waals surface area contributed by atoms with E-state index in [2.05, 4.69) is 34.1 Å². The van der Waals surface area contributed by atoms with Gasteiger partial charge in [0, 0.05) is 44.6 Å². The number of hydrogen-bond acceptors (Lipinski definition) is 7. The van der Waals surface area contributed by atoms with E-state index in [0.717, 1.165) is 23.4 Å². The number of anilines is 2. The first-order valence-electron chi connectivity index (χ1n) is 10.4. The summed E-state index contributed by atoms with van der Waals surface area (Å²) in [5, 5.41) is 10.7. The zero-order chi connectivity index (χ0) is 22.9. The van der Waals surface area contributed by atoms with E-state index in [1.807, 2.05) is 37.2 Å². The van der Waals surface area contributed by atoms with Crippen molar-refractivity contribution in [3.8, 4) is 11.5 Å². The summed E-state index contributed by atoms with van der Waals surface area (Å²) >= 11 is 0. The van der Waals surface area contributed by atoms with Gasteiger partial charge in [-0.05, 0) is 48.0 Å². The average molecular weight is 436 g/mol. The number of carbonyl (C=O) groups is 1. The molecule has 1 atom stereocenters. The van der Waals surface area contributed by atoms with Gasteiger partial charge in [-0.3, -0.25) is 4.79 Å². The Morgan fingerprint density at radius 1 is 1.06 bits per heavy atom. The van der Waals surface area contributed by atoms with E-state index in [0.29, 0.717) is 30.2 Å². The Morgan fingerprint density at radius 2 is 1.84 bits per heavy atom. The number of methoxy groups -OCH3 is 1. The predicted molar refractivity (Wildman–Crippen MR) is 126 cm³/mol. The molecule has 0 aliphatic rings. The van der Waals surface area contributed by atoms with E-state index in [9.17, 15) is 9.90 Å². The number of hydrogen-bond donors (Lipinski definition) is 1. The predicted octanol–water partition coefficient (Wildman–Crippen LogP) is 3.42. The molecule has 0 saturated carbocycles. The quantitative estimate of drug-likeness (QED) is 0.463. The number of rotatable bonds is 11. The van der Waals surface area contributed by atoms with Crippen LogP contribution in [0, 0.1) is 0 Å². The lowest BCUT2D eigenvalue weighted by atomic mass is 10.1. The summed E-state index contributed by atoms with van der Waals surface area (Å²) in [6.45, 7) is 1.00. The molecule has 1 unspecified atom stereocenters. The second-order valence-electron chi connectivity index (χ2n) is 7.62. The molecular weight excluding hydrogens is 406 g/mol. The molecule has 3 rings (SSSR count). The molecule has 1 N–H and O–H groups in total. The molecule has 7 nitrogen and oxygen atoms in total. The Balaban J connectivity index is 1.68. The molecule has 168 valence electrons. The number of ether oxygens (including phenoxy) is 2. The zero-order valence-electron chi connectivity index (χ0n) is 18.6. The molecule has 32 heavy (non-hydrogen) atoms. The Kier molecular flexibility index (Phi) is 8.05. The van der Waals surface area contributed by atoms with E-state index in [4.69, 9.17) is 9.47 Å². The molecule has 0 spiro atoms. The lowest BCUT2D eigenvalue weighted by molar-refractivity contribution is 0.109. The lowest BCUT2D eigenvalue weighted by Gasteiger charge is -2.27. The summed E-state index contributed by atoms with van der Waals surface area (Å²) in [7, 11) is 5.53. The maximum atomic E-state index is 11.0. The third kappa shape index (κ3) is 6.21. The Hall–Kier alpha value is -3.58. The molecule has 0 aliphatic carbocycles. The Labute approximate surface area is 188 Å². The fraction of sp³-hybridized carbons (Fsp3) is 0.280. The van der Waals surface area contributed by atoms with Crippen molar-refractivity contribution in [3.63, 3.8) is 0 Å². The Bertz CT molecular complexity index is 994. The molecule has 0 aliphatic heterocycles. The van der Waals surface area contributed by atoms with Crippen molar-refractivity contribution in [3.05, 3.63) is 78.0 Å². The number of pyridine rings is 1. The van der Waals surface area contributed by atoms with Crippen LogP contribution in [-0.4, -0.2) is 56.8 Å². The first-order valence-corrected chi connectivity index (χ1v) is 10.4. The van der Waals surface area contributed by atoms with Crippen LogP contribution >= 0.6 is 0 Å². The van der Waals surface area contributed by atoms with Crippen molar-refractivity contribution in [2.45, 2.75) is 12.6 Å². The fourth-order valence-electron chi connectivity index (χ4n) is 3.27. The second-order valence-corrected chi connectivity index (χ2v) is 7.62. The van der Waals surface area contributed by atoms with Crippen molar-refractivity contribution in [2.75, 3.05) is 44.2 Å². The summed E-state index contributed by atoms with van der Waals surface area (Å²) in [4.78, 5) is 19.5. The largest absolute Gasteiger partial charge is 0.493 e. The highest BCUT2D eigenvalue weighted by atomic mass is 16.5. The number of carbonyl (C=O) groups excluding carboxylic acids is 1. The smallest absolute Gasteiger partial charge is 0.161 e. The SMILES string of the molecule is COc1cc(C=O)ccc1OCC(O)CN(Cc1ccc(N(C)C)cc1)c1ccccn1. The van der Waals surface area contributed by atoms with Gasteiger partial charge in [0.05, 0.1) is 7.11 Å². The molecule has 0 bridgehead atoms. The van der Waals surface area contributed by atoms with Crippen LogP contribution in [0.15, 0.2) is 66.9 Å². The minimum Gasteiger partial charge on any atom is -0.493 e. The van der Waals surface area contributed by atoms with E-state index in [-0.39, 0.29) is 6.61 Å². The number of aliphatic hydroxyl groups excluding tert-OH is 1. The van der Waals surface area contributed by atoms with Crippen LogP contribution < -0.4 is 19.3 Å². The highest BCUT2D eigenvalue weighted by molar-refractivity contribution is 5.76. The first-order chi connectivity index (χ1) is 15.5. The van der Waals surface area contributed by atoms with E-state index in [1.54, 1.807) is 24.4 Å². The van der Waals surface area contributed by atoms with Gasteiger partial charge in [0.15, 0.2) is 11.5 Å². The normalized spacial score (nSPS) is 11.5. The molecule has 7 heteroatoms.